The predicted octanol–water partition coefficient (Wildman–Crippen LogP) is 2.25. The summed E-state index contributed by atoms with van der Waals surface area (Å²) in [5.41, 5.74) is 1.01. The zero-order valence-corrected chi connectivity index (χ0v) is 13.6. The molecule has 0 aliphatic carbocycles. The smallest absolute Gasteiger partial charge is 0.336 e. The van der Waals surface area contributed by atoms with E-state index in [1.807, 2.05) is 0 Å². The number of esters is 1. The van der Waals surface area contributed by atoms with Gasteiger partial charge in [0.1, 0.15) is 0 Å². The van der Waals surface area contributed by atoms with E-state index >= 15 is 0 Å². The molecule has 6 nitrogen and oxygen atoms in total. The van der Waals surface area contributed by atoms with Crippen LogP contribution in [0.2, 0.25) is 5.02 Å². The lowest BCUT2D eigenvalue weighted by Crippen LogP contribution is -2.40. The van der Waals surface area contributed by atoms with Crippen molar-refractivity contribution in [2.75, 3.05) is 11.9 Å². The van der Waals surface area contributed by atoms with Crippen molar-refractivity contribution in [1.82, 2.24) is 5.32 Å². The van der Waals surface area contributed by atoms with Crippen LogP contribution in [0.25, 0.3) is 0 Å². The fourth-order valence-electron chi connectivity index (χ4n) is 2.40. The van der Waals surface area contributed by atoms with Crippen LogP contribution in [-0.2, 0) is 19.1 Å². The first-order valence-electron chi connectivity index (χ1n) is 7.16. The molecule has 2 rings (SSSR count). The highest BCUT2D eigenvalue weighted by Crippen LogP contribution is 2.26. The number of rotatable bonds is 4. The summed E-state index contributed by atoms with van der Waals surface area (Å²) in [6.07, 6.45) is -0.113. The molecule has 0 radical (unpaired) electrons. The molecule has 0 fully saturated rings. The third kappa shape index (κ3) is 4.10. The molecule has 1 aromatic carbocycles. The average Bonchev–Trinajstić information content (AvgIpc) is 2.46. The van der Waals surface area contributed by atoms with E-state index in [0.29, 0.717) is 16.4 Å². The Bertz CT molecular complexity index is 684. The number of amides is 2. The number of hydrogen-bond acceptors (Lipinski definition) is 4. The Morgan fingerprint density at radius 1 is 1.43 bits per heavy atom. The van der Waals surface area contributed by atoms with E-state index in [2.05, 4.69) is 10.6 Å². The van der Waals surface area contributed by atoms with Gasteiger partial charge in [-0.15, -0.1) is 0 Å². The van der Waals surface area contributed by atoms with E-state index in [4.69, 9.17) is 16.3 Å². The van der Waals surface area contributed by atoms with Crippen LogP contribution < -0.4 is 10.6 Å². The molecule has 1 aliphatic rings. The molecule has 0 aromatic heterocycles. The minimum atomic E-state index is -0.901. The van der Waals surface area contributed by atoms with Gasteiger partial charge in [-0.25, -0.2) is 4.79 Å². The number of benzene rings is 1. The van der Waals surface area contributed by atoms with E-state index in [-0.39, 0.29) is 24.5 Å². The monoisotopic (exact) mass is 336 g/mol. The maximum atomic E-state index is 12.5. The van der Waals surface area contributed by atoms with Gasteiger partial charge in [0.2, 0.25) is 11.8 Å². The third-order valence-electron chi connectivity index (χ3n) is 3.37. The van der Waals surface area contributed by atoms with Gasteiger partial charge in [0.15, 0.2) is 0 Å². The first-order chi connectivity index (χ1) is 10.9. The number of nitrogens with one attached hydrogen (secondary N) is 2. The summed E-state index contributed by atoms with van der Waals surface area (Å²) >= 11 is 5.88. The molecule has 0 saturated heterocycles. The summed E-state index contributed by atoms with van der Waals surface area (Å²) in [5, 5.41) is 5.71. The first-order valence-corrected chi connectivity index (χ1v) is 7.54. The van der Waals surface area contributed by atoms with Gasteiger partial charge in [0.25, 0.3) is 0 Å². The number of allylic oxidation sites excluding steroid dienone is 1. The SMILES string of the molecule is CCOC(=O)C1=C(C)NC(=O)CC1C(=O)Nc1cccc(Cl)c1. The summed E-state index contributed by atoms with van der Waals surface area (Å²) in [4.78, 5) is 36.3. The van der Waals surface area contributed by atoms with Crippen LogP contribution >= 0.6 is 11.6 Å². The molecule has 0 saturated carbocycles. The second-order valence-corrected chi connectivity index (χ2v) is 5.50. The van der Waals surface area contributed by atoms with E-state index < -0.39 is 17.8 Å². The molecule has 1 aromatic rings. The second kappa shape index (κ2) is 7.28. The number of carbonyl (C=O) groups is 3. The highest BCUT2D eigenvalue weighted by Gasteiger charge is 2.36. The molecule has 122 valence electrons. The molecule has 2 N–H and O–H groups in total. The molecular weight excluding hydrogens is 320 g/mol. The molecule has 2 amide bonds. The van der Waals surface area contributed by atoms with Crippen molar-refractivity contribution in [3.05, 3.63) is 40.6 Å². The van der Waals surface area contributed by atoms with Gasteiger partial charge in [-0.2, -0.15) is 0 Å². The number of ether oxygens (including phenoxy) is 1. The van der Waals surface area contributed by atoms with Gasteiger partial charge >= 0.3 is 5.97 Å². The molecule has 1 unspecified atom stereocenters. The maximum absolute atomic E-state index is 12.5. The molecule has 1 atom stereocenters. The topological polar surface area (TPSA) is 84.5 Å². The maximum Gasteiger partial charge on any atom is 0.336 e. The number of hydrogen-bond donors (Lipinski definition) is 2. The van der Waals surface area contributed by atoms with Crippen LogP contribution in [0.1, 0.15) is 20.3 Å². The third-order valence-corrected chi connectivity index (χ3v) is 3.61. The lowest BCUT2D eigenvalue weighted by molar-refractivity contribution is -0.141. The summed E-state index contributed by atoms with van der Waals surface area (Å²) in [6.45, 7) is 3.44. The number of carbonyl (C=O) groups excluding carboxylic acids is 3. The predicted molar refractivity (Wildman–Crippen MR) is 85.7 cm³/mol. The Hall–Kier alpha value is -2.34. The summed E-state index contributed by atoms with van der Waals surface area (Å²) in [7, 11) is 0. The van der Waals surface area contributed by atoms with Crippen LogP contribution in [-0.4, -0.2) is 24.4 Å². The first kappa shape index (κ1) is 17.0. The summed E-state index contributed by atoms with van der Waals surface area (Å²) in [5.74, 6) is -2.27. The zero-order valence-electron chi connectivity index (χ0n) is 12.8. The molecule has 0 bridgehead atoms. The molecule has 1 aliphatic heterocycles. The van der Waals surface area contributed by atoms with Gasteiger partial charge in [-0.05, 0) is 32.0 Å². The quantitative estimate of drug-likeness (QED) is 0.826. The van der Waals surface area contributed by atoms with E-state index in [1.165, 1.54) is 0 Å². The van der Waals surface area contributed by atoms with Gasteiger partial charge in [-0.1, -0.05) is 17.7 Å². The zero-order chi connectivity index (χ0) is 17.0. The van der Waals surface area contributed by atoms with Gasteiger partial charge < -0.3 is 15.4 Å². The van der Waals surface area contributed by atoms with E-state index in [1.54, 1.807) is 38.1 Å². The van der Waals surface area contributed by atoms with Crippen molar-refractivity contribution in [3.8, 4) is 0 Å². The van der Waals surface area contributed by atoms with Crippen molar-refractivity contribution in [2.24, 2.45) is 5.92 Å². The molecule has 1 heterocycles. The number of anilines is 1. The normalized spacial score (nSPS) is 17.5. The van der Waals surface area contributed by atoms with E-state index in [9.17, 15) is 14.4 Å². The Morgan fingerprint density at radius 2 is 2.17 bits per heavy atom. The largest absolute Gasteiger partial charge is 0.463 e. The Morgan fingerprint density at radius 3 is 2.83 bits per heavy atom. The van der Waals surface area contributed by atoms with Crippen molar-refractivity contribution < 1.29 is 19.1 Å². The van der Waals surface area contributed by atoms with Crippen LogP contribution in [0.15, 0.2) is 35.5 Å². The van der Waals surface area contributed by atoms with Crippen LogP contribution in [0.5, 0.6) is 0 Å². The fraction of sp³-hybridized carbons (Fsp3) is 0.312. The lowest BCUT2D eigenvalue weighted by atomic mass is 9.89. The second-order valence-electron chi connectivity index (χ2n) is 5.06. The Kier molecular flexibility index (Phi) is 5.39. The van der Waals surface area contributed by atoms with Crippen molar-refractivity contribution in [1.29, 1.82) is 0 Å². The Labute approximate surface area is 138 Å². The van der Waals surface area contributed by atoms with Gasteiger partial charge in [-0.3, -0.25) is 9.59 Å². The lowest BCUT2D eigenvalue weighted by Gasteiger charge is -2.25. The summed E-state index contributed by atoms with van der Waals surface area (Å²) < 4.78 is 4.99. The highest BCUT2D eigenvalue weighted by atomic mass is 35.5. The van der Waals surface area contributed by atoms with Crippen LogP contribution in [0.3, 0.4) is 0 Å². The minimum Gasteiger partial charge on any atom is -0.463 e. The molecule has 7 heteroatoms. The molecule has 0 spiro atoms. The highest BCUT2D eigenvalue weighted by molar-refractivity contribution is 6.30. The summed E-state index contributed by atoms with van der Waals surface area (Å²) in [6, 6.07) is 6.63. The number of halogens is 1. The van der Waals surface area contributed by atoms with Crippen molar-refractivity contribution in [3.63, 3.8) is 0 Å². The van der Waals surface area contributed by atoms with Crippen molar-refractivity contribution in [2.45, 2.75) is 20.3 Å². The van der Waals surface area contributed by atoms with Gasteiger partial charge in [0.05, 0.1) is 18.1 Å². The standard InChI is InChI=1S/C16H17ClN2O4/c1-3-23-16(22)14-9(2)18-13(20)8-12(14)15(21)19-11-6-4-5-10(17)7-11/h4-7,12H,3,8H2,1-2H3,(H,18,20)(H,19,21). The Balaban J connectivity index is 2.26. The fourth-order valence-corrected chi connectivity index (χ4v) is 2.59. The van der Waals surface area contributed by atoms with Crippen LogP contribution in [0.4, 0.5) is 5.69 Å². The average molecular weight is 337 g/mol. The molecular formula is C16H17ClN2O4. The van der Waals surface area contributed by atoms with Crippen molar-refractivity contribution >= 4 is 35.1 Å². The molecule has 23 heavy (non-hydrogen) atoms. The minimum absolute atomic E-state index is 0.113. The van der Waals surface area contributed by atoms with E-state index in [0.717, 1.165) is 0 Å². The van der Waals surface area contributed by atoms with Crippen LogP contribution in [0, 0.1) is 5.92 Å². The van der Waals surface area contributed by atoms with Gasteiger partial charge in [0, 0.05) is 22.8 Å².